The van der Waals surface area contributed by atoms with Crippen LogP contribution in [0, 0.1) is 0 Å². The topological polar surface area (TPSA) is 29.5 Å². The van der Waals surface area contributed by atoms with E-state index in [1.807, 2.05) is 12.1 Å². The largest absolute Gasteiger partial charge is 0.389 e. The van der Waals surface area contributed by atoms with E-state index in [-0.39, 0.29) is 12.5 Å². The Kier molecular flexibility index (Phi) is 5.26. The molecule has 1 aromatic rings. The van der Waals surface area contributed by atoms with E-state index in [0.29, 0.717) is 11.6 Å². The molecule has 0 heterocycles. The van der Waals surface area contributed by atoms with Crippen LogP contribution in [0.3, 0.4) is 0 Å². The van der Waals surface area contributed by atoms with Gasteiger partial charge in [0.15, 0.2) is 0 Å². The Balaban J connectivity index is 2.28. The summed E-state index contributed by atoms with van der Waals surface area (Å²) in [5, 5.41) is 9.81. The Bertz CT molecular complexity index is 261. The van der Waals surface area contributed by atoms with Gasteiger partial charge in [-0.3, -0.25) is 0 Å². The standard InChI is InChI=1S/C10H12Cl2O2/c11-5-10(13)7-14-6-8-1-3-9(12)4-2-8/h1-4,10,13H,5-7H2. The van der Waals surface area contributed by atoms with Gasteiger partial charge in [0.25, 0.3) is 0 Å². The van der Waals surface area contributed by atoms with Gasteiger partial charge in [-0.15, -0.1) is 11.6 Å². The van der Waals surface area contributed by atoms with Crippen LogP contribution in [-0.4, -0.2) is 23.7 Å². The van der Waals surface area contributed by atoms with Crippen molar-refractivity contribution in [1.82, 2.24) is 0 Å². The third-order valence-corrected chi connectivity index (χ3v) is 2.28. The van der Waals surface area contributed by atoms with Crippen LogP contribution in [0.25, 0.3) is 0 Å². The van der Waals surface area contributed by atoms with Gasteiger partial charge in [-0.25, -0.2) is 0 Å². The summed E-state index contributed by atoms with van der Waals surface area (Å²) in [4.78, 5) is 0. The Labute approximate surface area is 93.4 Å². The van der Waals surface area contributed by atoms with Crippen LogP contribution in [0.15, 0.2) is 24.3 Å². The second kappa shape index (κ2) is 6.25. The van der Waals surface area contributed by atoms with Gasteiger partial charge in [0.2, 0.25) is 0 Å². The van der Waals surface area contributed by atoms with Gasteiger partial charge in [0.1, 0.15) is 0 Å². The lowest BCUT2D eigenvalue weighted by atomic mass is 10.2. The molecule has 1 rings (SSSR count). The van der Waals surface area contributed by atoms with Gasteiger partial charge in [-0.05, 0) is 17.7 Å². The molecule has 0 aliphatic heterocycles. The average Bonchev–Trinajstić information content (AvgIpc) is 2.21. The normalized spacial score (nSPS) is 12.8. The van der Waals surface area contributed by atoms with E-state index in [1.54, 1.807) is 12.1 Å². The van der Waals surface area contributed by atoms with Crippen molar-refractivity contribution in [2.24, 2.45) is 0 Å². The first-order valence-electron chi connectivity index (χ1n) is 4.28. The Morgan fingerprint density at radius 3 is 2.50 bits per heavy atom. The van der Waals surface area contributed by atoms with Crippen molar-refractivity contribution in [3.63, 3.8) is 0 Å². The molecule has 0 spiro atoms. The maximum atomic E-state index is 9.10. The smallest absolute Gasteiger partial charge is 0.0908 e. The second-order valence-electron chi connectivity index (χ2n) is 2.95. The molecule has 78 valence electrons. The van der Waals surface area contributed by atoms with E-state index in [1.165, 1.54) is 0 Å². The lowest BCUT2D eigenvalue weighted by molar-refractivity contribution is 0.0392. The zero-order chi connectivity index (χ0) is 10.4. The molecule has 0 aromatic heterocycles. The summed E-state index contributed by atoms with van der Waals surface area (Å²) in [5.74, 6) is 0.195. The fraction of sp³-hybridized carbons (Fsp3) is 0.400. The van der Waals surface area contributed by atoms with Gasteiger partial charge in [0, 0.05) is 5.02 Å². The minimum Gasteiger partial charge on any atom is -0.389 e. The number of hydrogen-bond acceptors (Lipinski definition) is 2. The van der Waals surface area contributed by atoms with E-state index in [2.05, 4.69) is 0 Å². The van der Waals surface area contributed by atoms with Crippen LogP contribution in [0.4, 0.5) is 0 Å². The highest BCUT2D eigenvalue weighted by molar-refractivity contribution is 6.30. The fourth-order valence-corrected chi connectivity index (χ4v) is 1.15. The molecule has 2 nitrogen and oxygen atoms in total. The summed E-state index contributed by atoms with van der Waals surface area (Å²) < 4.78 is 5.23. The van der Waals surface area contributed by atoms with Crippen LogP contribution in [0.5, 0.6) is 0 Å². The van der Waals surface area contributed by atoms with Crippen molar-refractivity contribution in [2.75, 3.05) is 12.5 Å². The Morgan fingerprint density at radius 2 is 1.93 bits per heavy atom. The highest BCUT2D eigenvalue weighted by Crippen LogP contribution is 2.10. The molecule has 0 bridgehead atoms. The monoisotopic (exact) mass is 234 g/mol. The predicted molar refractivity (Wildman–Crippen MR) is 57.8 cm³/mol. The minimum absolute atomic E-state index is 0.195. The lowest BCUT2D eigenvalue weighted by Crippen LogP contribution is -2.16. The molecule has 0 radical (unpaired) electrons. The van der Waals surface area contributed by atoms with Crippen LogP contribution in [-0.2, 0) is 11.3 Å². The summed E-state index contributed by atoms with van der Waals surface area (Å²) in [5.41, 5.74) is 1.02. The highest BCUT2D eigenvalue weighted by atomic mass is 35.5. The molecular formula is C10H12Cl2O2. The van der Waals surface area contributed by atoms with Crippen LogP contribution < -0.4 is 0 Å². The molecule has 0 saturated heterocycles. The molecule has 14 heavy (non-hydrogen) atoms. The molecule has 0 aliphatic carbocycles. The quantitative estimate of drug-likeness (QED) is 0.794. The molecule has 0 amide bonds. The number of benzene rings is 1. The number of alkyl halides is 1. The molecule has 0 saturated carbocycles. The molecule has 1 aromatic carbocycles. The second-order valence-corrected chi connectivity index (χ2v) is 3.69. The minimum atomic E-state index is -0.594. The third kappa shape index (κ3) is 4.29. The van der Waals surface area contributed by atoms with E-state index >= 15 is 0 Å². The fourth-order valence-electron chi connectivity index (χ4n) is 0.938. The van der Waals surface area contributed by atoms with E-state index in [4.69, 9.17) is 33.0 Å². The first-order chi connectivity index (χ1) is 6.72. The van der Waals surface area contributed by atoms with Gasteiger partial charge in [-0.1, -0.05) is 23.7 Å². The maximum absolute atomic E-state index is 9.10. The SMILES string of the molecule is OC(CCl)COCc1ccc(Cl)cc1. The maximum Gasteiger partial charge on any atom is 0.0908 e. The van der Waals surface area contributed by atoms with Gasteiger partial charge < -0.3 is 9.84 Å². The number of ether oxygens (including phenoxy) is 1. The number of halogens is 2. The summed E-state index contributed by atoms with van der Waals surface area (Å²) in [6.45, 7) is 0.719. The molecule has 1 unspecified atom stereocenters. The van der Waals surface area contributed by atoms with Crippen molar-refractivity contribution < 1.29 is 9.84 Å². The molecule has 0 aliphatic rings. The first kappa shape index (κ1) is 11.8. The van der Waals surface area contributed by atoms with Crippen molar-refractivity contribution in [3.8, 4) is 0 Å². The summed E-state index contributed by atoms with van der Waals surface area (Å²) in [7, 11) is 0. The molecule has 0 fully saturated rings. The van der Waals surface area contributed by atoms with Crippen molar-refractivity contribution in [2.45, 2.75) is 12.7 Å². The number of hydrogen-bond donors (Lipinski definition) is 1. The number of rotatable bonds is 5. The Morgan fingerprint density at radius 1 is 1.29 bits per heavy atom. The predicted octanol–water partition coefficient (Wildman–Crippen LogP) is 2.46. The highest BCUT2D eigenvalue weighted by Gasteiger charge is 2.01. The zero-order valence-electron chi connectivity index (χ0n) is 7.62. The molecule has 1 atom stereocenters. The zero-order valence-corrected chi connectivity index (χ0v) is 9.13. The number of aliphatic hydroxyl groups is 1. The summed E-state index contributed by atoms with van der Waals surface area (Å²) in [6.07, 6.45) is -0.594. The first-order valence-corrected chi connectivity index (χ1v) is 5.20. The van der Waals surface area contributed by atoms with E-state index in [9.17, 15) is 0 Å². The summed E-state index contributed by atoms with van der Waals surface area (Å²) >= 11 is 11.1. The molecule has 1 N–H and O–H groups in total. The van der Waals surface area contributed by atoms with Gasteiger partial charge in [-0.2, -0.15) is 0 Å². The third-order valence-electron chi connectivity index (χ3n) is 1.67. The van der Waals surface area contributed by atoms with Crippen molar-refractivity contribution >= 4 is 23.2 Å². The summed E-state index contributed by atoms with van der Waals surface area (Å²) in [6, 6.07) is 7.38. The molecule has 4 heteroatoms. The van der Waals surface area contributed by atoms with Gasteiger partial charge >= 0.3 is 0 Å². The number of aliphatic hydroxyl groups excluding tert-OH is 1. The van der Waals surface area contributed by atoms with Crippen LogP contribution in [0.1, 0.15) is 5.56 Å². The van der Waals surface area contributed by atoms with E-state index < -0.39 is 6.10 Å². The van der Waals surface area contributed by atoms with Crippen molar-refractivity contribution in [3.05, 3.63) is 34.9 Å². The lowest BCUT2D eigenvalue weighted by Gasteiger charge is -2.07. The Hall–Kier alpha value is -0.280. The van der Waals surface area contributed by atoms with Crippen molar-refractivity contribution in [1.29, 1.82) is 0 Å². The van der Waals surface area contributed by atoms with E-state index in [0.717, 1.165) is 5.56 Å². The molecular weight excluding hydrogens is 223 g/mol. The van der Waals surface area contributed by atoms with Crippen LogP contribution >= 0.6 is 23.2 Å². The average molecular weight is 235 g/mol. The van der Waals surface area contributed by atoms with Gasteiger partial charge in [0.05, 0.1) is 25.2 Å². The van der Waals surface area contributed by atoms with Crippen LogP contribution in [0.2, 0.25) is 5.02 Å².